The van der Waals surface area contributed by atoms with Gasteiger partial charge in [0.1, 0.15) is 17.3 Å². The minimum Gasteiger partial charge on any atom is -0.434 e. The zero-order valence-corrected chi connectivity index (χ0v) is 14.7. The van der Waals surface area contributed by atoms with Crippen molar-refractivity contribution in [3.63, 3.8) is 0 Å². The van der Waals surface area contributed by atoms with Gasteiger partial charge in [-0.25, -0.2) is 22.9 Å². The number of hydrogen-bond donors (Lipinski definition) is 2. The Bertz CT molecular complexity index is 1090. The highest BCUT2D eigenvalue weighted by Gasteiger charge is 2.35. The topological polar surface area (TPSA) is 63.2 Å². The second-order valence-electron chi connectivity index (χ2n) is 5.78. The van der Waals surface area contributed by atoms with Crippen molar-refractivity contribution < 1.29 is 35.9 Å². The molecule has 0 aliphatic rings. The molecule has 0 atom stereocenters. The van der Waals surface area contributed by atoms with E-state index < -0.39 is 46.9 Å². The predicted octanol–water partition coefficient (Wildman–Crippen LogP) is 5.95. The molecule has 5 nitrogen and oxygen atoms in total. The van der Waals surface area contributed by atoms with Crippen LogP contribution in [0.5, 0.6) is 11.6 Å². The zero-order chi connectivity index (χ0) is 21.9. The monoisotopic (exact) mass is 427 g/mol. The molecule has 2 amide bonds. The Labute approximate surface area is 165 Å². The summed E-state index contributed by atoms with van der Waals surface area (Å²) in [7, 11) is 0. The molecule has 3 aromatic rings. The van der Waals surface area contributed by atoms with Crippen molar-refractivity contribution in [1.29, 1.82) is 0 Å². The number of ether oxygens (including phenoxy) is 1. The number of rotatable bonds is 4. The number of carbonyl (C=O) groups excluding carboxylic acids is 1. The first-order valence-corrected chi connectivity index (χ1v) is 8.17. The van der Waals surface area contributed by atoms with Crippen molar-refractivity contribution in [3.8, 4) is 11.6 Å². The van der Waals surface area contributed by atoms with Gasteiger partial charge in [-0.3, -0.25) is 0 Å². The highest BCUT2D eigenvalue weighted by Crippen LogP contribution is 2.37. The van der Waals surface area contributed by atoms with Gasteiger partial charge >= 0.3 is 12.2 Å². The summed E-state index contributed by atoms with van der Waals surface area (Å²) in [5.74, 6) is -4.70. The maximum absolute atomic E-state index is 14.2. The molecule has 0 bridgehead atoms. The molecule has 0 aliphatic heterocycles. The van der Waals surface area contributed by atoms with Crippen LogP contribution in [0.25, 0.3) is 0 Å². The molecular formula is C19H11F6N3O2. The van der Waals surface area contributed by atoms with Crippen molar-refractivity contribution in [2.45, 2.75) is 6.18 Å². The molecule has 0 spiro atoms. The number of nitrogens with zero attached hydrogens (tertiary/aromatic N) is 1. The van der Waals surface area contributed by atoms with Gasteiger partial charge in [0, 0.05) is 12.3 Å². The molecule has 1 aromatic heterocycles. The summed E-state index contributed by atoms with van der Waals surface area (Å²) in [5.41, 5.74) is -2.01. The van der Waals surface area contributed by atoms with E-state index in [1.165, 1.54) is 18.3 Å². The lowest BCUT2D eigenvalue weighted by atomic mass is 10.2. The number of anilines is 2. The van der Waals surface area contributed by atoms with E-state index in [4.69, 9.17) is 4.74 Å². The van der Waals surface area contributed by atoms with Crippen molar-refractivity contribution in [2.75, 3.05) is 10.6 Å². The van der Waals surface area contributed by atoms with E-state index in [1.54, 1.807) is 0 Å². The quantitative estimate of drug-likeness (QED) is 0.506. The van der Waals surface area contributed by atoms with E-state index >= 15 is 0 Å². The van der Waals surface area contributed by atoms with E-state index in [-0.39, 0.29) is 11.4 Å². The number of amides is 2. The van der Waals surface area contributed by atoms with Crippen LogP contribution in [0.4, 0.5) is 42.5 Å². The van der Waals surface area contributed by atoms with Crippen molar-refractivity contribution >= 4 is 17.4 Å². The Balaban J connectivity index is 1.81. The van der Waals surface area contributed by atoms with E-state index in [2.05, 4.69) is 15.6 Å². The standard InChI is InChI=1S/C19H11F6N3O2/c20-10-6-7-13(12(21)9-10)27-18(29)28-14-4-2-8-26-17(14)30-15-5-1-3-11(16(15)22)19(23,24)25/h1-9H,(H2,27,28,29). The van der Waals surface area contributed by atoms with Gasteiger partial charge < -0.3 is 15.4 Å². The van der Waals surface area contributed by atoms with Crippen LogP contribution in [-0.4, -0.2) is 11.0 Å². The lowest BCUT2D eigenvalue weighted by Gasteiger charge is -2.14. The van der Waals surface area contributed by atoms with Crippen LogP contribution >= 0.6 is 0 Å². The average molecular weight is 427 g/mol. The highest BCUT2D eigenvalue weighted by atomic mass is 19.4. The van der Waals surface area contributed by atoms with Crippen LogP contribution in [0.2, 0.25) is 0 Å². The van der Waals surface area contributed by atoms with Crippen LogP contribution in [0.3, 0.4) is 0 Å². The Kier molecular flexibility index (Phi) is 5.81. The molecule has 0 saturated carbocycles. The first kappa shape index (κ1) is 21.0. The smallest absolute Gasteiger partial charge is 0.419 e. The minimum absolute atomic E-state index is 0.144. The molecule has 0 fully saturated rings. The number of halogens is 6. The number of urea groups is 1. The third-order valence-electron chi connectivity index (χ3n) is 3.67. The highest BCUT2D eigenvalue weighted by molar-refractivity contribution is 6.00. The van der Waals surface area contributed by atoms with Crippen molar-refractivity contribution in [3.05, 3.63) is 77.7 Å². The molecule has 3 rings (SSSR count). The molecule has 1 heterocycles. The summed E-state index contributed by atoms with van der Waals surface area (Å²) in [6, 6.07) is 6.57. The molecule has 11 heteroatoms. The second-order valence-corrected chi connectivity index (χ2v) is 5.78. The SMILES string of the molecule is O=C(Nc1ccc(F)cc1F)Nc1cccnc1Oc1cccc(C(F)(F)F)c1F. The Morgan fingerprint density at radius 1 is 0.933 bits per heavy atom. The fourth-order valence-electron chi connectivity index (χ4n) is 2.35. The van der Waals surface area contributed by atoms with Gasteiger partial charge in [0.05, 0.1) is 11.3 Å². The van der Waals surface area contributed by atoms with Gasteiger partial charge in [-0.2, -0.15) is 13.2 Å². The Morgan fingerprint density at radius 3 is 2.37 bits per heavy atom. The molecule has 0 radical (unpaired) electrons. The lowest BCUT2D eigenvalue weighted by molar-refractivity contribution is -0.140. The number of alkyl halides is 3. The largest absolute Gasteiger partial charge is 0.434 e. The second kappa shape index (κ2) is 8.31. The molecule has 0 aliphatic carbocycles. The fourth-order valence-corrected chi connectivity index (χ4v) is 2.35. The van der Waals surface area contributed by atoms with E-state index in [9.17, 15) is 31.1 Å². The van der Waals surface area contributed by atoms with Crippen LogP contribution in [0, 0.1) is 17.5 Å². The number of aromatic nitrogens is 1. The third-order valence-corrected chi connectivity index (χ3v) is 3.67. The molecule has 156 valence electrons. The summed E-state index contributed by atoms with van der Waals surface area (Å²) < 4.78 is 84.4. The number of carbonyl (C=O) groups is 1. The van der Waals surface area contributed by atoms with Gasteiger partial charge in [-0.15, -0.1) is 0 Å². The van der Waals surface area contributed by atoms with Gasteiger partial charge in [0.2, 0.25) is 5.88 Å². The van der Waals surface area contributed by atoms with Gasteiger partial charge in [0.15, 0.2) is 11.6 Å². The molecular weight excluding hydrogens is 416 g/mol. The van der Waals surface area contributed by atoms with E-state index in [0.29, 0.717) is 12.1 Å². The normalized spacial score (nSPS) is 11.1. The van der Waals surface area contributed by atoms with Crippen LogP contribution in [0.1, 0.15) is 5.56 Å². The lowest BCUT2D eigenvalue weighted by Crippen LogP contribution is -2.20. The van der Waals surface area contributed by atoms with Crippen molar-refractivity contribution in [2.24, 2.45) is 0 Å². The number of hydrogen-bond acceptors (Lipinski definition) is 3. The first-order chi connectivity index (χ1) is 14.1. The summed E-state index contributed by atoms with van der Waals surface area (Å²) in [6.07, 6.45) is -3.74. The first-order valence-electron chi connectivity index (χ1n) is 8.17. The van der Waals surface area contributed by atoms with Gasteiger partial charge in [-0.1, -0.05) is 6.07 Å². The van der Waals surface area contributed by atoms with Gasteiger partial charge in [-0.05, 0) is 36.4 Å². The zero-order valence-electron chi connectivity index (χ0n) is 14.7. The maximum atomic E-state index is 14.2. The van der Waals surface area contributed by atoms with E-state index in [1.807, 2.05) is 0 Å². The maximum Gasteiger partial charge on any atom is 0.419 e. The van der Waals surface area contributed by atoms with Crippen LogP contribution in [-0.2, 0) is 6.18 Å². The molecule has 2 aromatic carbocycles. The van der Waals surface area contributed by atoms with E-state index in [0.717, 1.165) is 24.3 Å². The van der Waals surface area contributed by atoms with Crippen molar-refractivity contribution in [1.82, 2.24) is 4.98 Å². The van der Waals surface area contributed by atoms with Crippen LogP contribution < -0.4 is 15.4 Å². The number of pyridine rings is 1. The summed E-state index contributed by atoms with van der Waals surface area (Å²) in [4.78, 5) is 15.8. The predicted molar refractivity (Wildman–Crippen MR) is 94.7 cm³/mol. The molecule has 30 heavy (non-hydrogen) atoms. The summed E-state index contributed by atoms with van der Waals surface area (Å²) >= 11 is 0. The Morgan fingerprint density at radius 2 is 1.67 bits per heavy atom. The minimum atomic E-state index is -4.94. The fraction of sp³-hybridized carbons (Fsp3) is 0.0526. The number of benzene rings is 2. The molecule has 0 unspecified atom stereocenters. The molecule has 0 saturated heterocycles. The number of nitrogens with one attached hydrogen (secondary N) is 2. The third kappa shape index (κ3) is 4.80. The van der Waals surface area contributed by atoms with Crippen LogP contribution in [0.15, 0.2) is 54.7 Å². The molecule has 2 N–H and O–H groups in total. The summed E-state index contributed by atoms with van der Waals surface area (Å²) in [5, 5.41) is 4.36. The Hall–Kier alpha value is -3.76. The average Bonchev–Trinajstić information content (AvgIpc) is 2.66. The van der Waals surface area contributed by atoms with Gasteiger partial charge in [0.25, 0.3) is 0 Å². The summed E-state index contributed by atoms with van der Waals surface area (Å²) in [6.45, 7) is 0.